The molecule has 3 aromatic heterocycles. The van der Waals surface area contributed by atoms with Crippen LogP contribution in [0.2, 0.25) is 0 Å². The first-order chi connectivity index (χ1) is 26.6. The molecule has 0 amide bonds. The molecule has 0 bridgehead atoms. The Balaban J connectivity index is 1.31. The van der Waals surface area contributed by atoms with Crippen LogP contribution in [0.15, 0.2) is 170 Å². The number of fused-ring (bicyclic) bond motifs is 6. The van der Waals surface area contributed by atoms with Crippen LogP contribution in [0.1, 0.15) is 16.7 Å². The van der Waals surface area contributed by atoms with Gasteiger partial charge in [-0.3, -0.25) is 4.98 Å². The van der Waals surface area contributed by atoms with Gasteiger partial charge in [0.15, 0.2) is 0 Å². The van der Waals surface area contributed by atoms with Gasteiger partial charge in [-0.25, -0.2) is 0 Å². The third kappa shape index (κ3) is 4.80. The predicted octanol–water partition coefficient (Wildman–Crippen LogP) is 12.8. The summed E-state index contributed by atoms with van der Waals surface area (Å²) in [5, 5.41) is 15.2. The highest BCUT2D eigenvalue weighted by Gasteiger charge is 2.24. The topological polar surface area (TPSA) is 46.5 Å². The summed E-state index contributed by atoms with van der Waals surface area (Å²) < 4.78 is 4.66. The van der Waals surface area contributed by atoms with Gasteiger partial charge in [0, 0.05) is 32.7 Å². The van der Waals surface area contributed by atoms with E-state index in [4.69, 9.17) is 4.98 Å². The average molecular weight is 691 g/mol. The first-order valence-electron chi connectivity index (χ1n) is 18.3. The van der Waals surface area contributed by atoms with Crippen molar-refractivity contribution >= 4 is 43.6 Å². The zero-order valence-corrected chi connectivity index (χ0v) is 30.0. The van der Waals surface area contributed by atoms with E-state index in [1.807, 2.05) is 30.6 Å². The Morgan fingerprint density at radius 2 is 0.870 bits per heavy atom. The van der Waals surface area contributed by atoms with E-state index in [0.29, 0.717) is 5.56 Å². The van der Waals surface area contributed by atoms with E-state index >= 15 is 0 Å². The highest BCUT2D eigenvalue weighted by atomic mass is 15.0. The van der Waals surface area contributed by atoms with Crippen LogP contribution in [0.25, 0.3) is 88.4 Å². The lowest BCUT2D eigenvalue weighted by Crippen LogP contribution is -2.05. The number of para-hydroxylation sites is 2. The summed E-state index contributed by atoms with van der Waals surface area (Å²) in [5.41, 5.74) is 15.8. The maximum absolute atomic E-state index is 10.6. The average Bonchev–Trinajstić information content (AvgIpc) is 3.73. The maximum Gasteiger partial charge on any atom is 0.0998 e. The van der Waals surface area contributed by atoms with Gasteiger partial charge in [0.1, 0.15) is 0 Å². The number of aromatic nitrogens is 3. The Kier molecular flexibility index (Phi) is 7.28. The van der Waals surface area contributed by atoms with Crippen LogP contribution in [0.5, 0.6) is 0 Å². The lowest BCUT2D eigenvalue weighted by molar-refractivity contribution is 1.09. The van der Waals surface area contributed by atoms with Crippen molar-refractivity contribution < 1.29 is 0 Å². The van der Waals surface area contributed by atoms with Gasteiger partial charge in [0.05, 0.1) is 57.5 Å². The maximum atomic E-state index is 10.6. The molecule has 0 saturated carbocycles. The van der Waals surface area contributed by atoms with Gasteiger partial charge in [-0.05, 0) is 89.7 Å². The molecule has 0 aliphatic carbocycles. The highest BCUT2D eigenvalue weighted by Crippen LogP contribution is 2.43. The van der Waals surface area contributed by atoms with Gasteiger partial charge in [-0.15, -0.1) is 0 Å². The van der Waals surface area contributed by atoms with Crippen molar-refractivity contribution in [1.82, 2.24) is 14.1 Å². The first-order valence-corrected chi connectivity index (χ1v) is 18.3. The zero-order chi connectivity index (χ0) is 36.3. The van der Waals surface area contributed by atoms with Crippen LogP contribution >= 0.6 is 0 Å². The van der Waals surface area contributed by atoms with E-state index in [-0.39, 0.29) is 0 Å². The molecule has 0 spiro atoms. The fourth-order valence-corrected chi connectivity index (χ4v) is 8.45. The molecule has 4 nitrogen and oxygen atoms in total. The van der Waals surface area contributed by atoms with Gasteiger partial charge in [-0.2, -0.15) is 5.26 Å². The molecule has 10 rings (SSSR count). The standard InChI is InChI=1S/C50H34N4/c1-32-13-3-6-16-37(32)34-23-25-46-42(27-34)40-19-9-11-21-44(40)53(46)48-30-52-31-49(50(48)39-18-8-5-15-36(39)29-51)54-45-22-12-10-20-41(45)43-28-35(24-26-47(43)54)38-17-7-4-14-33(38)2/h3-28,30-31H,1-2H3. The largest absolute Gasteiger partial charge is 0.307 e. The first kappa shape index (κ1) is 31.5. The smallest absolute Gasteiger partial charge is 0.0998 e. The minimum atomic E-state index is 0.608. The molecule has 7 aromatic carbocycles. The molecule has 3 heterocycles. The van der Waals surface area contributed by atoms with E-state index < -0.39 is 0 Å². The number of nitrogens with zero attached hydrogens (tertiary/aromatic N) is 4. The molecule has 0 N–H and O–H groups in total. The van der Waals surface area contributed by atoms with Crippen molar-refractivity contribution in [3.05, 3.63) is 187 Å². The van der Waals surface area contributed by atoms with E-state index in [0.717, 1.165) is 66.1 Å². The molecule has 0 unspecified atom stereocenters. The lowest BCUT2D eigenvalue weighted by atomic mass is 9.97. The molecule has 0 atom stereocenters. The summed E-state index contributed by atoms with van der Waals surface area (Å²) >= 11 is 0. The van der Waals surface area contributed by atoms with Gasteiger partial charge >= 0.3 is 0 Å². The van der Waals surface area contributed by atoms with Crippen molar-refractivity contribution in [2.75, 3.05) is 0 Å². The number of hydrogen-bond donors (Lipinski definition) is 0. The SMILES string of the molecule is Cc1ccccc1-c1ccc2c(c1)c1ccccc1n2-c1cncc(-n2c3ccccc3c3cc(-c4ccccc4C)ccc32)c1-c1ccccc1C#N. The predicted molar refractivity (Wildman–Crippen MR) is 223 cm³/mol. The molecular formula is C50H34N4. The fraction of sp³-hybridized carbons (Fsp3) is 0.0400. The van der Waals surface area contributed by atoms with E-state index in [1.54, 1.807) is 0 Å². The number of aryl methyl sites for hydroxylation is 2. The Morgan fingerprint density at radius 3 is 1.37 bits per heavy atom. The molecule has 0 fully saturated rings. The summed E-state index contributed by atoms with van der Waals surface area (Å²) in [6.45, 7) is 4.33. The third-order valence-corrected chi connectivity index (χ3v) is 11.0. The van der Waals surface area contributed by atoms with Crippen LogP contribution in [0.4, 0.5) is 0 Å². The molecule has 0 saturated heterocycles. The second-order valence-electron chi connectivity index (χ2n) is 14.0. The van der Waals surface area contributed by atoms with Gasteiger partial charge in [-0.1, -0.05) is 115 Å². The van der Waals surface area contributed by atoms with Gasteiger partial charge < -0.3 is 9.13 Å². The second-order valence-corrected chi connectivity index (χ2v) is 14.0. The van der Waals surface area contributed by atoms with Crippen LogP contribution in [-0.2, 0) is 0 Å². The molecule has 0 aliphatic heterocycles. The van der Waals surface area contributed by atoms with Crippen LogP contribution in [-0.4, -0.2) is 14.1 Å². The number of benzene rings is 7. The molecule has 10 aromatic rings. The quantitative estimate of drug-likeness (QED) is 0.180. The summed E-state index contributed by atoms with van der Waals surface area (Å²) in [5.74, 6) is 0. The summed E-state index contributed by atoms with van der Waals surface area (Å²) in [7, 11) is 0. The number of rotatable bonds is 5. The molecule has 0 aliphatic rings. The van der Waals surface area contributed by atoms with Crippen LogP contribution in [0, 0.1) is 25.2 Å². The van der Waals surface area contributed by atoms with E-state index in [1.165, 1.54) is 33.4 Å². The Hall–Kier alpha value is -7.22. The van der Waals surface area contributed by atoms with E-state index in [2.05, 4.69) is 169 Å². The fourth-order valence-electron chi connectivity index (χ4n) is 8.45. The third-order valence-electron chi connectivity index (χ3n) is 11.0. The van der Waals surface area contributed by atoms with Crippen molar-refractivity contribution in [3.63, 3.8) is 0 Å². The Bertz CT molecular complexity index is 2970. The van der Waals surface area contributed by atoms with Crippen LogP contribution in [0.3, 0.4) is 0 Å². The van der Waals surface area contributed by atoms with E-state index in [9.17, 15) is 5.26 Å². The summed E-state index contributed by atoms with van der Waals surface area (Å²) in [4.78, 5) is 4.99. The molecule has 254 valence electrons. The minimum absolute atomic E-state index is 0.608. The van der Waals surface area contributed by atoms with Gasteiger partial charge in [0.2, 0.25) is 0 Å². The van der Waals surface area contributed by atoms with Crippen molar-refractivity contribution in [2.24, 2.45) is 0 Å². The summed E-state index contributed by atoms with van der Waals surface area (Å²) in [6, 6.07) is 58.2. The molecule has 54 heavy (non-hydrogen) atoms. The minimum Gasteiger partial charge on any atom is -0.307 e. The van der Waals surface area contributed by atoms with Crippen molar-refractivity contribution in [2.45, 2.75) is 13.8 Å². The zero-order valence-electron chi connectivity index (χ0n) is 30.0. The van der Waals surface area contributed by atoms with Gasteiger partial charge in [0.25, 0.3) is 0 Å². The number of pyridine rings is 1. The molecular weight excluding hydrogens is 657 g/mol. The monoisotopic (exact) mass is 690 g/mol. The summed E-state index contributed by atoms with van der Waals surface area (Å²) in [6.07, 6.45) is 3.91. The highest BCUT2D eigenvalue weighted by molar-refractivity contribution is 6.13. The Morgan fingerprint density at radius 1 is 0.444 bits per heavy atom. The molecule has 0 radical (unpaired) electrons. The lowest BCUT2D eigenvalue weighted by Gasteiger charge is -2.20. The molecule has 4 heteroatoms. The van der Waals surface area contributed by atoms with Crippen molar-refractivity contribution in [3.8, 4) is 50.8 Å². The second kappa shape index (κ2) is 12.5. The van der Waals surface area contributed by atoms with Crippen LogP contribution < -0.4 is 0 Å². The number of nitriles is 1. The number of hydrogen-bond acceptors (Lipinski definition) is 2. The van der Waals surface area contributed by atoms with Crippen molar-refractivity contribution in [1.29, 1.82) is 5.26 Å². The normalized spacial score (nSPS) is 11.5. The Labute approximate surface area is 313 Å².